The molecule has 1 fully saturated rings. The molecule has 2 rings (SSSR count). The molecular formula is C12H13FN2O2. The highest BCUT2D eigenvalue weighted by Gasteiger charge is 2.29. The Bertz CT molecular complexity index is 438. The van der Waals surface area contributed by atoms with Crippen LogP contribution in [0, 0.1) is 11.7 Å². The first-order chi connectivity index (χ1) is 8.20. The molecule has 0 aromatic heterocycles. The van der Waals surface area contributed by atoms with E-state index >= 15 is 0 Å². The molecule has 1 amide bonds. The van der Waals surface area contributed by atoms with Crippen molar-refractivity contribution in [3.05, 3.63) is 35.6 Å². The molecule has 0 heterocycles. The Hall–Kier alpha value is -1.91. The lowest BCUT2D eigenvalue weighted by Crippen LogP contribution is -2.18. The van der Waals surface area contributed by atoms with Gasteiger partial charge in [0, 0.05) is 13.0 Å². The summed E-state index contributed by atoms with van der Waals surface area (Å²) in [5.74, 6) is 0.0150. The number of halogens is 1. The summed E-state index contributed by atoms with van der Waals surface area (Å²) in [6.07, 6.45) is 1.44. The number of amides is 1. The zero-order valence-corrected chi connectivity index (χ0v) is 9.44. The van der Waals surface area contributed by atoms with Crippen LogP contribution < -0.4 is 5.32 Å². The monoisotopic (exact) mass is 236 g/mol. The van der Waals surface area contributed by atoms with Crippen molar-refractivity contribution in [3.8, 4) is 0 Å². The maximum atomic E-state index is 12.8. The topological polar surface area (TPSA) is 50.7 Å². The summed E-state index contributed by atoms with van der Waals surface area (Å²) in [5, 5.41) is 6.15. The van der Waals surface area contributed by atoms with Crippen molar-refractivity contribution in [2.75, 3.05) is 7.05 Å². The van der Waals surface area contributed by atoms with Crippen LogP contribution in [-0.2, 0) is 4.84 Å². The van der Waals surface area contributed by atoms with Gasteiger partial charge in [0.1, 0.15) is 5.82 Å². The fourth-order valence-corrected chi connectivity index (χ4v) is 1.48. The van der Waals surface area contributed by atoms with Crippen molar-refractivity contribution in [1.29, 1.82) is 0 Å². The highest BCUT2D eigenvalue weighted by molar-refractivity contribution is 6.03. The third-order valence-corrected chi connectivity index (χ3v) is 2.54. The highest BCUT2D eigenvalue weighted by Crippen LogP contribution is 2.33. The minimum absolute atomic E-state index is 0.295. The lowest BCUT2D eigenvalue weighted by Gasteiger charge is -2.04. The molecule has 4 nitrogen and oxygen atoms in total. The summed E-state index contributed by atoms with van der Waals surface area (Å²) in [6, 6.07) is 6.01. The standard InChI is InChI=1S/C12H13FN2O2/c1-14-12(16)17-15-11(8-2-3-8)9-4-6-10(13)7-5-9/h4-8H,2-3H2,1H3,(H,14,16)/b15-11+. The SMILES string of the molecule is CNC(=O)O/N=C(/c1ccc(F)cc1)C1CC1. The van der Waals surface area contributed by atoms with Crippen LogP contribution in [0.2, 0.25) is 0 Å². The van der Waals surface area contributed by atoms with E-state index in [-0.39, 0.29) is 5.82 Å². The number of carbonyl (C=O) groups is 1. The Morgan fingerprint density at radius 2 is 2.06 bits per heavy atom. The number of nitrogens with zero attached hydrogens (tertiary/aromatic N) is 1. The molecule has 0 atom stereocenters. The van der Waals surface area contributed by atoms with E-state index in [0.717, 1.165) is 18.4 Å². The van der Waals surface area contributed by atoms with Gasteiger partial charge in [0.15, 0.2) is 0 Å². The zero-order valence-electron chi connectivity index (χ0n) is 9.44. The van der Waals surface area contributed by atoms with Crippen LogP contribution in [0.1, 0.15) is 18.4 Å². The van der Waals surface area contributed by atoms with Crippen molar-refractivity contribution in [2.24, 2.45) is 11.1 Å². The Labute approximate surface area is 98.5 Å². The van der Waals surface area contributed by atoms with E-state index in [1.165, 1.54) is 19.2 Å². The average Bonchev–Trinajstić information content (AvgIpc) is 3.15. The minimum atomic E-state index is -0.606. The largest absolute Gasteiger partial charge is 0.433 e. The molecule has 0 aliphatic heterocycles. The second-order valence-electron chi connectivity index (χ2n) is 3.89. The van der Waals surface area contributed by atoms with Gasteiger partial charge in [-0.2, -0.15) is 0 Å². The van der Waals surface area contributed by atoms with Gasteiger partial charge < -0.3 is 5.32 Å². The molecule has 0 bridgehead atoms. The predicted octanol–water partition coefficient (Wildman–Crippen LogP) is 2.30. The summed E-state index contributed by atoms with van der Waals surface area (Å²) < 4.78 is 12.8. The second kappa shape index (κ2) is 4.95. The lowest BCUT2D eigenvalue weighted by molar-refractivity contribution is 0.153. The smallest absolute Gasteiger partial charge is 0.323 e. The van der Waals surface area contributed by atoms with E-state index in [2.05, 4.69) is 15.3 Å². The number of rotatable bonds is 3. The normalized spacial score (nSPS) is 15.5. The molecule has 1 aliphatic rings. The first-order valence-electron chi connectivity index (χ1n) is 5.43. The van der Waals surface area contributed by atoms with Crippen LogP contribution in [0.3, 0.4) is 0 Å². The Morgan fingerprint density at radius 3 is 2.59 bits per heavy atom. The molecule has 5 heteroatoms. The van der Waals surface area contributed by atoms with Crippen LogP contribution in [0.5, 0.6) is 0 Å². The quantitative estimate of drug-likeness (QED) is 0.497. The van der Waals surface area contributed by atoms with E-state index in [4.69, 9.17) is 0 Å². The number of oxime groups is 1. The van der Waals surface area contributed by atoms with Crippen LogP contribution >= 0.6 is 0 Å². The van der Waals surface area contributed by atoms with E-state index in [9.17, 15) is 9.18 Å². The molecule has 1 saturated carbocycles. The number of nitrogens with one attached hydrogen (secondary N) is 1. The Kier molecular flexibility index (Phi) is 3.37. The summed E-state index contributed by atoms with van der Waals surface area (Å²) in [6.45, 7) is 0. The van der Waals surface area contributed by atoms with E-state index in [1.54, 1.807) is 12.1 Å². The molecule has 0 saturated heterocycles. The number of carbonyl (C=O) groups excluding carboxylic acids is 1. The van der Waals surface area contributed by atoms with Crippen molar-refractivity contribution in [1.82, 2.24) is 5.32 Å². The van der Waals surface area contributed by atoms with Crippen molar-refractivity contribution in [3.63, 3.8) is 0 Å². The summed E-state index contributed by atoms with van der Waals surface area (Å²) in [7, 11) is 1.46. The molecule has 1 aromatic rings. The fraction of sp³-hybridized carbons (Fsp3) is 0.333. The average molecular weight is 236 g/mol. The van der Waals surface area contributed by atoms with Crippen LogP contribution in [0.25, 0.3) is 0 Å². The lowest BCUT2D eigenvalue weighted by atomic mass is 10.1. The maximum absolute atomic E-state index is 12.8. The van der Waals surface area contributed by atoms with Gasteiger partial charge in [-0.15, -0.1) is 0 Å². The van der Waals surface area contributed by atoms with Crippen molar-refractivity contribution < 1.29 is 14.0 Å². The van der Waals surface area contributed by atoms with E-state index in [0.29, 0.717) is 11.6 Å². The molecular weight excluding hydrogens is 223 g/mol. The first-order valence-corrected chi connectivity index (χ1v) is 5.43. The van der Waals surface area contributed by atoms with Gasteiger partial charge in [-0.05, 0) is 30.5 Å². The van der Waals surface area contributed by atoms with Crippen molar-refractivity contribution >= 4 is 11.8 Å². The molecule has 17 heavy (non-hydrogen) atoms. The molecule has 1 N–H and O–H groups in total. The van der Waals surface area contributed by atoms with Gasteiger partial charge in [0.05, 0.1) is 5.71 Å². The van der Waals surface area contributed by atoms with Gasteiger partial charge in [-0.3, -0.25) is 4.84 Å². The zero-order chi connectivity index (χ0) is 12.3. The minimum Gasteiger partial charge on any atom is -0.323 e. The summed E-state index contributed by atoms with van der Waals surface area (Å²) in [5.41, 5.74) is 1.49. The summed E-state index contributed by atoms with van der Waals surface area (Å²) in [4.78, 5) is 15.6. The predicted molar refractivity (Wildman–Crippen MR) is 61.2 cm³/mol. The van der Waals surface area contributed by atoms with Crippen LogP contribution in [0.4, 0.5) is 9.18 Å². The number of hydrogen-bond acceptors (Lipinski definition) is 3. The molecule has 0 unspecified atom stereocenters. The van der Waals surface area contributed by atoms with E-state index in [1.807, 2.05) is 0 Å². The molecule has 90 valence electrons. The summed E-state index contributed by atoms with van der Waals surface area (Å²) >= 11 is 0. The van der Waals surface area contributed by atoms with Gasteiger partial charge in [-0.25, -0.2) is 9.18 Å². The molecule has 0 radical (unpaired) electrons. The Morgan fingerprint density at radius 1 is 1.41 bits per heavy atom. The van der Waals surface area contributed by atoms with Gasteiger partial charge in [0.25, 0.3) is 0 Å². The third-order valence-electron chi connectivity index (χ3n) is 2.54. The maximum Gasteiger partial charge on any atom is 0.433 e. The van der Waals surface area contributed by atoms with Crippen LogP contribution in [0.15, 0.2) is 29.4 Å². The van der Waals surface area contributed by atoms with Gasteiger partial charge in [-0.1, -0.05) is 17.3 Å². The Balaban J connectivity index is 2.17. The van der Waals surface area contributed by atoms with Crippen molar-refractivity contribution in [2.45, 2.75) is 12.8 Å². The fourth-order valence-electron chi connectivity index (χ4n) is 1.48. The van der Waals surface area contributed by atoms with E-state index < -0.39 is 6.09 Å². The number of benzene rings is 1. The van der Waals surface area contributed by atoms with Gasteiger partial charge >= 0.3 is 6.09 Å². The third kappa shape index (κ3) is 3.03. The number of hydrogen-bond donors (Lipinski definition) is 1. The van der Waals surface area contributed by atoms with Gasteiger partial charge in [0.2, 0.25) is 0 Å². The van der Waals surface area contributed by atoms with Crippen LogP contribution in [-0.4, -0.2) is 18.9 Å². The first kappa shape index (κ1) is 11.6. The second-order valence-corrected chi connectivity index (χ2v) is 3.89. The molecule has 1 aromatic carbocycles. The molecule has 0 spiro atoms. The highest BCUT2D eigenvalue weighted by atomic mass is 19.1. The molecule has 1 aliphatic carbocycles.